The first kappa shape index (κ1) is 10.3. The van der Waals surface area contributed by atoms with Gasteiger partial charge >= 0.3 is 0 Å². The van der Waals surface area contributed by atoms with E-state index in [1.807, 2.05) is 6.07 Å². The van der Waals surface area contributed by atoms with Crippen LogP contribution in [-0.4, -0.2) is 16.8 Å². The molecule has 0 radical (unpaired) electrons. The minimum atomic E-state index is -0.0449. The highest BCUT2D eigenvalue weighted by Crippen LogP contribution is 2.32. The Morgan fingerprint density at radius 1 is 1.27 bits per heavy atom. The van der Waals surface area contributed by atoms with E-state index in [1.165, 1.54) is 25.3 Å². The van der Waals surface area contributed by atoms with Crippen LogP contribution >= 0.6 is 0 Å². The molecule has 1 aliphatic rings. The molecule has 0 spiro atoms. The highest BCUT2D eigenvalue weighted by molar-refractivity contribution is 5.44. The van der Waals surface area contributed by atoms with Crippen molar-refractivity contribution in [1.82, 2.24) is 5.32 Å². The van der Waals surface area contributed by atoms with Gasteiger partial charge in [-0.05, 0) is 24.9 Å². The molecule has 3 N–H and O–H groups in total. The standard InChI is InChI=1S/C12H17NO2/c14-11-3-1-2-10(12(11)15)8-13-7-6-9-4-5-9/h1-3,9,13-15H,4-8H2. The molecule has 82 valence electrons. The molecule has 2 rings (SSSR count). The third-order valence-corrected chi connectivity index (χ3v) is 2.84. The van der Waals surface area contributed by atoms with Gasteiger partial charge in [-0.2, -0.15) is 0 Å². The topological polar surface area (TPSA) is 52.5 Å². The SMILES string of the molecule is Oc1cccc(CNCCC2CC2)c1O. The van der Waals surface area contributed by atoms with E-state index >= 15 is 0 Å². The van der Waals surface area contributed by atoms with Gasteiger partial charge in [0.25, 0.3) is 0 Å². The van der Waals surface area contributed by atoms with Crippen molar-refractivity contribution < 1.29 is 10.2 Å². The van der Waals surface area contributed by atoms with Crippen LogP contribution in [0.15, 0.2) is 18.2 Å². The first-order chi connectivity index (χ1) is 7.27. The molecule has 1 aliphatic carbocycles. The Labute approximate surface area is 89.8 Å². The fraction of sp³-hybridized carbons (Fsp3) is 0.500. The first-order valence-corrected chi connectivity index (χ1v) is 5.48. The van der Waals surface area contributed by atoms with Gasteiger partial charge in [0.2, 0.25) is 0 Å². The van der Waals surface area contributed by atoms with Crippen molar-refractivity contribution in [3.63, 3.8) is 0 Å². The Morgan fingerprint density at radius 2 is 2.07 bits per heavy atom. The third kappa shape index (κ3) is 2.86. The van der Waals surface area contributed by atoms with Crippen molar-refractivity contribution in [3.8, 4) is 11.5 Å². The number of rotatable bonds is 5. The van der Waals surface area contributed by atoms with Gasteiger partial charge in [-0.3, -0.25) is 0 Å². The normalized spacial score (nSPS) is 15.5. The summed E-state index contributed by atoms with van der Waals surface area (Å²) >= 11 is 0. The second-order valence-electron chi connectivity index (χ2n) is 4.19. The molecule has 0 bridgehead atoms. The fourth-order valence-corrected chi connectivity index (χ4v) is 1.66. The maximum atomic E-state index is 9.53. The molecule has 0 heterocycles. The van der Waals surface area contributed by atoms with Crippen molar-refractivity contribution in [2.45, 2.75) is 25.8 Å². The van der Waals surface area contributed by atoms with Crippen LogP contribution in [0.1, 0.15) is 24.8 Å². The van der Waals surface area contributed by atoms with Crippen LogP contribution in [-0.2, 0) is 6.54 Å². The Kier molecular flexibility index (Phi) is 3.11. The van der Waals surface area contributed by atoms with Crippen LogP contribution in [0.3, 0.4) is 0 Å². The summed E-state index contributed by atoms with van der Waals surface area (Å²) in [5, 5.41) is 22.1. The zero-order valence-electron chi connectivity index (χ0n) is 8.74. The quantitative estimate of drug-likeness (QED) is 0.511. The van der Waals surface area contributed by atoms with Crippen molar-refractivity contribution >= 4 is 0 Å². The molecule has 0 aliphatic heterocycles. The van der Waals surface area contributed by atoms with Gasteiger partial charge in [0.1, 0.15) is 0 Å². The van der Waals surface area contributed by atoms with Gasteiger partial charge in [0.15, 0.2) is 11.5 Å². The van der Waals surface area contributed by atoms with E-state index in [1.54, 1.807) is 6.07 Å². The summed E-state index contributed by atoms with van der Waals surface area (Å²) in [4.78, 5) is 0. The maximum Gasteiger partial charge on any atom is 0.161 e. The molecule has 3 heteroatoms. The molecule has 3 nitrogen and oxygen atoms in total. The van der Waals surface area contributed by atoms with Crippen molar-refractivity contribution in [3.05, 3.63) is 23.8 Å². The van der Waals surface area contributed by atoms with Crippen LogP contribution < -0.4 is 5.32 Å². The summed E-state index contributed by atoms with van der Waals surface area (Å²) in [5.74, 6) is 0.878. The van der Waals surface area contributed by atoms with Gasteiger partial charge < -0.3 is 15.5 Å². The van der Waals surface area contributed by atoms with E-state index in [-0.39, 0.29) is 11.5 Å². The van der Waals surface area contributed by atoms with Crippen LogP contribution in [0.2, 0.25) is 0 Å². The Bertz CT molecular complexity index is 334. The van der Waals surface area contributed by atoms with Crippen molar-refractivity contribution in [2.24, 2.45) is 5.92 Å². The number of phenolic OH excluding ortho intramolecular Hbond substituents is 2. The molecule has 1 saturated carbocycles. The van der Waals surface area contributed by atoms with Crippen LogP contribution in [0, 0.1) is 5.92 Å². The predicted molar refractivity (Wildman–Crippen MR) is 58.8 cm³/mol. The molecule has 0 atom stereocenters. The Morgan fingerprint density at radius 3 is 2.80 bits per heavy atom. The lowest BCUT2D eigenvalue weighted by Crippen LogP contribution is -2.15. The lowest BCUT2D eigenvalue weighted by Gasteiger charge is -2.07. The van der Waals surface area contributed by atoms with Crippen LogP contribution in [0.4, 0.5) is 0 Å². The smallest absolute Gasteiger partial charge is 0.161 e. The number of aromatic hydroxyl groups is 2. The monoisotopic (exact) mass is 207 g/mol. The van der Waals surface area contributed by atoms with Crippen LogP contribution in [0.25, 0.3) is 0 Å². The second-order valence-corrected chi connectivity index (χ2v) is 4.19. The zero-order valence-corrected chi connectivity index (χ0v) is 8.74. The molecular formula is C12H17NO2. The molecule has 0 aromatic heterocycles. The number of hydrogen-bond donors (Lipinski definition) is 3. The maximum absolute atomic E-state index is 9.53. The fourth-order valence-electron chi connectivity index (χ4n) is 1.66. The van der Waals surface area contributed by atoms with E-state index in [9.17, 15) is 10.2 Å². The number of hydrogen-bond acceptors (Lipinski definition) is 3. The zero-order chi connectivity index (χ0) is 10.7. The van der Waals surface area contributed by atoms with Crippen LogP contribution in [0.5, 0.6) is 11.5 Å². The molecule has 0 unspecified atom stereocenters. The minimum Gasteiger partial charge on any atom is -0.504 e. The molecule has 0 saturated heterocycles. The van der Waals surface area contributed by atoms with Gasteiger partial charge in [-0.15, -0.1) is 0 Å². The van der Waals surface area contributed by atoms with E-state index in [2.05, 4.69) is 5.32 Å². The molecule has 1 aromatic rings. The van der Waals surface area contributed by atoms with E-state index < -0.39 is 0 Å². The molecule has 0 amide bonds. The first-order valence-electron chi connectivity index (χ1n) is 5.48. The van der Waals surface area contributed by atoms with Gasteiger partial charge in [0, 0.05) is 12.1 Å². The van der Waals surface area contributed by atoms with Crippen molar-refractivity contribution in [2.75, 3.05) is 6.54 Å². The number of nitrogens with one attached hydrogen (secondary N) is 1. The van der Waals surface area contributed by atoms with Crippen molar-refractivity contribution in [1.29, 1.82) is 0 Å². The summed E-state index contributed by atoms with van der Waals surface area (Å²) in [6, 6.07) is 5.05. The largest absolute Gasteiger partial charge is 0.504 e. The van der Waals surface area contributed by atoms with Gasteiger partial charge in [-0.1, -0.05) is 25.0 Å². The molecule has 15 heavy (non-hydrogen) atoms. The summed E-state index contributed by atoms with van der Waals surface area (Å²) < 4.78 is 0. The van der Waals surface area contributed by atoms with Gasteiger partial charge in [0.05, 0.1) is 0 Å². The number of benzene rings is 1. The molecule has 1 aromatic carbocycles. The summed E-state index contributed by atoms with van der Waals surface area (Å²) in [6.45, 7) is 1.60. The lowest BCUT2D eigenvalue weighted by molar-refractivity contribution is 0.397. The highest BCUT2D eigenvalue weighted by Gasteiger charge is 2.19. The second kappa shape index (κ2) is 4.53. The van der Waals surface area contributed by atoms with E-state index in [0.29, 0.717) is 6.54 Å². The number of para-hydroxylation sites is 1. The average molecular weight is 207 g/mol. The summed E-state index contributed by atoms with van der Waals surface area (Å²) in [5.41, 5.74) is 0.755. The third-order valence-electron chi connectivity index (χ3n) is 2.84. The van der Waals surface area contributed by atoms with Gasteiger partial charge in [-0.25, -0.2) is 0 Å². The molecular weight excluding hydrogens is 190 g/mol. The Balaban J connectivity index is 1.78. The lowest BCUT2D eigenvalue weighted by atomic mass is 10.2. The predicted octanol–water partition coefficient (Wildman–Crippen LogP) is 1.99. The Hall–Kier alpha value is -1.22. The summed E-state index contributed by atoms with van der Waals surface area (Å²) in [6.07, 6.45) is 3.97. The van der Waals surface area contributed by atoms with E-state index in [0.717, 1.165) is 18.0 Å². The minimum absolute atomic E-state index is 0.00331. The summed E-state index contributed by atoms with van der Waals surface area (Å²) in [7, 11) is 0. The highest BCUT2D eigenvalue weighted by atomic mass is 16.3. The number of phenols is 2. The van der Waals surface area contributed by atoms with E-state index in [4.69, 9.17) is 0 Å². The molecule has 1 fully saturated rings. The average Bonchev–Trinajstić information content (AvgIpc) is 3.02.